The summed E-state index contributed by atoms with van der Waals surface area (Å²) >= 11 is 5.89. The van der Waals surface area contributed by atoms with Gasteiger partial charge in [-0.2, -0.15) is 4.98 Å². The summed E-state index contributed by atoms with van der Waals surface area (Å²) in [5.74, 6) is 0.0875. The molecule has 0 saturated carbocycles. The van der Waals surface area contributed by atoms with Crippen LogP contribution >= 0.6 is 11.6 Å². The van der Waals surface area contributed by atoms with Gasteiger partial charge in [-0.1, -0.05) is 11.6 Å². The second-order valence-corrected chi connectivity index (χ2v) is 5.08. The lowest BCUT2D eigenvalue weighted by molar-refractivity contribution is 0.101. The number of carbonyl (C=O) groups excluding carboxylic acids is 1. The molecular formula is C14H12ClN5O. The molecule has 0 aliphatic rings. The molecule has 0 aliphatic carbocycles. The fraction of sp³-hybridized carbons (Fsp3) is 0.143. The number of fused-ring (bicyclic) bond motifs is 1. The highest BCUT2D eigenvalue weighted by Gasteiger charge is 2.15. The molecule has 1 N–H and O–H groups in total. The number of hydrogen-bond acceptors (Lipinski definition) is 4. The topological polar surface area (TPSA) is 72.2 Å². The number of aromatic nitrogens is 4. The number of carbonyl (C=O) groups is 1. The van der Waals surface area contributed by atoms with Crippen LogP contribution in [0.25, 0.3) is 5.78 Å². The van der Waals surface area contributed by atoms with Crippen molar-refractivity contribution in [1.29, 1.82) is 0 Å². The maximum Gasteiger partial charge on any atom is 0.295 e. The van der Waals surface area contributed by atoms with Crippen molar-refractivity contribution in [2.75, 3.05) is 5.32 Å². The molecule has 0 bridgehead atoms. The number of anilines is 1. The van der Waals surface area contributed by atoms with Gasteiger partial charge in [-0.3, -0.25) is 4.79 Å². The molecule has 0 unspecified atom stereocenters. The summed E-state index contributed by atoms with van der Waals surface area (Å²) in [4.78, 5) is 20.4. The quantitative estimate of drug-likeness (QED) is 0.790. The van der Waals surface area contributed by atoms with Crippen molar-refractivity contribution in [2.45, 2.75) is 13.8 Å². The van der Waals surface area contributed by atoms with E-state index in [0.717, 1.165) is 11.3 Å². The summed E-state index contributed by atoms with van der Waals surface area (Å²) in [6, 6.07) is 7.04. The Hall–Kier alpha value is -2.47. The number of nitrogens with one attached hydrogen (secondary N) is 1. The molecule has 1 aromatic carbocycles. The van der Waals surface area contributed by atoms with E-state index in [1.54, 1.807) is 30.5 Å². The third-order valence-corrected chi connectivity index (χ3v) is 3.30. The lowest BCUT2D eigenvalue weighted by atomic mass is 10.2. The van der Waals surface area contributed by atoms with E-state index in [9.17, 15) is 4.79 Å². The zero-order valence-electron chi connectivity index (χ0n) is 11.5. The number of halogens is 1. The van der Waals surface area contributed by atoms with Crippen LogP contribution in [0.5, 0.6) is 0 Å². The summed E-state index contributed by atoms with van der Waals surface area (Å²) in [6.45, 7) is 3.73. The number of amides is 1. The molecule has 0 aliphatic heterocycles. The van der Waals surface area contributed by atoms with Crippen LogP contribution in [0.1, 0.15) is 21.9 Å². The first-order chi connectivity index (χ1) is 10.0. The summed E-state index contributed by atoms with van der Waals surface area (Å²) in [5.41, 5.74) is 2.40. The molecule has 6 nitrogen and oxygen atoms in total. The molecule has 2 aromatic heterocycles. The Bertz CT molecular complexity index is 842. The van der Waals surface area contributed by atoms with Crippen LogP contribution < -0.4 is 5.32 Å². The molecular weight excluding hydrogens is 290 g/mol. The molecule has 0 radical (unpaired) electrons. The van der Waals surface area contributed by atoms with Crippen LogP contribution in [0.2, 0.25) is 5.02 Å². The van der Waals surface area contributed by atoms with E-state index in [4.69, 9.17) is 11.6 Å². The predicted octanol–water partition coefficient (Wildman–Crippen LogP) is 2.65. The second-order valence-electron chi connectivity index (χ2n) is 4.65. The van der Waals surface area contributed by atoms with Gasteiger partial charge in [-0.25, -0.2) is 9.50 Å². The minimum atomic E-state index is -0.384. The first-order valence-electron chi connectivity index (χ1n) is 6.30. The Morgan fingerprint density at radius 2 is 2.10 bits per heavy atom. The summed E-state index contributed by atoms with van der Waals surface area (Å²) in [5, 5.41) is 7.55. The Labute approximate surface area is 125 Å². The fourth-order valence-corrected chi connectivity index (χ4v) is 2.17. The molecule has 0 atom stereocenters. The highest BCUT2D eigenvalue weighted by molar-refractivity contribution is 6.30. The zero-order chi connectivity index (χ0) is 15.0. The van der Waals surface area contributed by atoms with E-state index < -0.39 is 0 Å². The van der Waals surface area contributed by atoms with Crippen LogP contribution in [0.15, 0.2) is 30.5 Å². The summed E-state index contributed by atoms with van der Waals surface area (Å²) in [6.07, 6.45) is 1.63. The van der Waals surface area contributed by atoms with Gasteiger partial charge in [0, 0.05) is 22.6 Å². The lowest BCUT2D eigenvalue weighted by Crippen LogP contribution is -2.14. The normalized spacial score (nSPS) is 10.8. The van der Waals surface area contributed by atoms with Gasteiger partial charge in [-0.05, 0) is 43.7 Å². The van der Waals surface area contributed by atoms with Gasteiger partial charge in [0.2, 0.25) is 5.82 Å². The minimum absolute atomic E-state index is 0.0751. The average Bonchev–Trinajstić information content (AvgIpc) is 2.87. The van der Waals surface area contributed by atoms with Crippen LogP contribution in [-0.2, 0) is 0 Å². The van der Waals surface area contributed by atoms with E-state index in [2.05, 4.69) is 20.4 Å². The Balaban J connectivity index is 1.92. The largest absolute Gasteiger partial charge is 0.319 e. The van der Waals surface area contributed by atoms with E-state index in [0.29, 0.717) is 16.5 Å². The van der Waals surface area contributed by atoms with Gasteiger partial charge in [0.25, 0.3) is 11.7 Å². The molecule has 0 fully saturated rings. The van der Waals surface area contributed by atoms with Crippen LogP contribution in [0.4, 0.5) is 5.69 Å². The predicted molar refractivity (Wildman–Crippen MR) is 79.7 cm³/mol. The Morgan fingerprint density at radius 1 is 1.29 bits per heavy atom. The monoisotopic (exact) mass is 301 g/mol. The van der Waals surface area contributed by atoms with Crippen LogP contribution in [-0.4, -0.2) is 25.5 Å². The van der Waals surface area contributed by atoms with Crippen molar-refractivity contribution < 1.29 is 4.79 Å². The van der Waals surface area contributed by atoms with Crippen molar-refractivity contribution >= 4 is 29.0 Å². The second kappa shape index (κ2) is 5.14. The maximum atomic E-state index is 12.2. The molecule has 0 spiro atoms. The molecule has 7 heteroatoms. The van der Waals surface area contributed by atoms with Gasteiger partial charge in [-0.15, -0.1) is 5.10 Å². The molecule has 1 amide bonds. The molecule has 3 aromatic rings. The van der Waals surface area contributed by atoms with Crippen molar-refractivity contribution in [2.24, 2.45) is 0 Å². The lowest BCUT2D eigenvalue weighted by Gasteiger charge is -2.06. The Morgan fingerprint density at radius 3 is 2.81 bits per heavy atom. The number of aryl methyl sites for hydroxylation is 2. The van der Waals surface area contributed by atoms with Crippen molar-refractivity contribution in [3.8, 4) is 0 Å². The smallest absolute Gasteiger partial charge is 0.295 e. The van der Waals surface area contributed by atoms with Gasteiger partial charge in [0.15, 0.2) is 0 Å². The molecule has 106 valence electrons. The summed E-state index contributed by atoms with van der Waals surface area (Å²) in [7, 11) is 0. The molecule has 0 saturated heterocycles. The zero-order valence-corrected chi connectivity index (χ0v) is 12.2. The number of nitrogens with zero attached hydrogens (tertiary/aromatic N) is 4. The van der Waals surface area contributed by atoms with Crippen LogP contribution in [0, 0.1) is 13.8 Å². The van der Waals surface area contributed by atoms with Gasteiger partial charge in [0.1, 0.15) is 0 Å². The molecule has 21 heavy (non-hydrogen) atoms. The van der Waals surface area contributed by atoms with Crippen molar-refractivity contribution in [3.63, 3.8) is 0 Å². The highest BCUT2D eigenvalue weighted by Crippen LogP contribution is 2.20. The average molecular weight is 302 g/mol. The Kier molecular flexibility index (Phi) is 3.31. The van der Waals surface area contributed by atoms with Gasteiger partial charge in [0.05, 0.1) is 0 Å². The summed E-state index contributed by atoms with van der Waals surface area (Å²) < 4.78 is 1.53. The van der Waals surface area contributed by atoms with E-state index in [-0.39, 0.29) is 11.7 Å². The standard InChI is InChI=1S/C14H12ClN5O/c1-8-7-10(15)3-4-11(8)17-13(21)12-18-14-16-6-5-9(2)20(14)19-12/h3-7H,1-2H3,(H,17,21). The molecule has 3 rings (SSSR count). The number of rotatable bonds is 2. The minimum Gasteiger partial charge on any atom is -0.319 e. The van der Waals surface area contributed by atoms with E-state index >= 15 is 0 Å². The number of hydrogen-bond donors (Lipinski definition) is 1. The van der Waals surface area contributed by atoms with Gasteiger partial charge < -0.3 is 5.32 Å². The third kappa shape index (κ3) is 2.57. The van der Waals surface area contributed by atoms with Crippen molar-refractivity contribution in [1.82, 2.24) is 19.6 Å². The van der Waals surface area contributed by atoms with E-state index in [1.807, 2.05) is 13.8 Å². The SMILES string of the molecule is Cc1cc(Cl)ccc1NC(=O)c1nc2nccc(C)n2n1. The molecule has 2 heterocycles. The van der Waals surface area contributed by atoms with Crippen LogP contribution in [0.3, 0.4) is 0 Å². The third-order valence-electron chi connectivity index (χ3n) is 3.07. The highest BCUT2D eigenvalue weighted by atomic mass is 35.5. The first kappa shape index (κ1) is 13.5. The fourth-order valence-electron chi connectivity index (χ4n) is 1.95. The van der Waals surface area contributed by atoms with Crippen molar-refractivity contribution in [3.05, 3.63) is 52.6 Å². The van der Waals surface area contributed by atoms with E-state index in [1.165, 1.54) is 4.52 Å². The van der Waals surface area contributed by atoms with Gasteiger partial charge >= 0.3 is 0 Å². The first-order valence-corrected chi connectivity index (χ1v) is 6.68. The maximum absolute atomic E-state index is 12.2. The number of benzene rings is 1.